The zero-order valence-electron chi connectivity index (χ0n) is 13.4. The number of phenolic OH excluding ortho intramolecular Hbond substituents is 1. The van der Waals surface area contributed by atoms with Crippen molar-refractivity contribution < 1.29 is 14.7 Å². The molecule has 7 heteroatoms. The fourth-order valence-electron chi connectivity index (χ4n) is 2.41. The Morgan fingerprint density at radius 1 is 1.13 bits per heavy atom. The smallest absolute Gasteiger partial charge is 0.313 e. The second-order valence-corrected chi connectivity index (χ2v) is 5.73. The van der Waals surface area contributed by atoms with Crippen LogP contribution >= 0.6 is 0 Å². The van der Waals surface area contributed by atoms with Crippen molar-refractivity contribution in [3.63, 3.8) is 0 Å². The molecule has 2 amide bonds. The van der Waals surface area contributed by atoms with E-state index < -0.39 is 11.8 Å². The number of hydrogen-bond acceptors (Lipinski definition) is 5. The molecule has 1 aromatic rings. The van der Waals surface area contributed by atoms with Gasteiger partial charge >= 0.3 is 11.8 Å². The first-order chi connectivity index (χ1) is 11.1. The third kappa shape index (κ3) is 5.54. The molecule has 1 saturated heterocycles. The standard InChI is InChI=1S/C16H24N4O3/c1-19-9-11-20(12-10-19)8-4-7-17-15(22)16(23)18-13-5-2-3-6-14(13)21/h2-3,5-6,21H,4,7-12H2,1H3,(H,17,22)(H,18,23). The number of para-hydroxylation sites is 2. The van der Waals surface area contributed by atoms with Gasteiger partial charge in [0.05, 0.1) is 5.69 Å². The van der Waals surface area contributed by atoms with Crippen molar-refractivity contribution in [2.45, 2.75) is 6.42 Å². The summed E-state index contributed by atoms with van der Waals surface area (Å²) in [6.07, 6.45) is 0.805. The zero-order chi connectivity index (χ0) is 16.7. The van der Waals surface area contributed by atoms with Crippen LogP contribution in [0.25, 0.3) is 0 Å². The van der Waals surface area contributed by atoms with Gasteiger partial charge in [0.1, 0.15) is 5.75 Å². The lowest BCUT2D eigenvalue weighted by atomic mass is 10.3. The molecule has 0 radical (unpaired) electrons. The number of nitrogens with one attached hydrogen (secondary N) is 2. The molecule has 0 unspecified atom stereocenters. The molecule has 0 spiro atoms. The molecule has 1 aliphatic rings. The number of nitrogens with zero attached hydrogens (tertiary/aromatic N) is 2. The van der Waals surface area contributed by atoms with Gasteiger partial charge in [-0.05, 0) is 32.1 Å². The molecule has 0 aliphatic carbocycles. The van der Waals surface area contributed by atoms with E-state index in [4.69, 9.17) is 0 Å². The van der Waals surface area contributed by atoms with Crippen molar-refractivity contribution in [3.05, 3.63) is 24.3 Å². The average Bonchev–Trinajstić information content (AvgIpc) is 2.55. The summed E-state index contributed by atoms with van der Waals surface area (Å²) in [6, 6.07) is 6.30. The Kier molecular flexibility index (Phi) is 6.37. The Morgan fingerprint density at radius 3 is 2.52 bits per heavy atom. The van der Waals surface area contributed by atoms with Gasteiger partial charge in [0, 0.05) is 32.7 Å². The molecule has 0 saturated carbocycles. The molecule has 23 heavy (non-hydrogen) atoms. The number of benzene rings is 1. The minimum atomic E-state index is -0.772. The van der Waals surface area contributed by atoms with E-state index in [1.807, 2.05) is 0 Å². The van der Waals surface area contributed by atoms with E-state index in [1.54, 1.807) is 12.1 Å². The molecule has 3 N–H and O–H groups in total. The van der Waals surface area contributed by atoms with Gasteiger partial charge in [-0.3, -0.25) is 9.59 Å². The molecular weight excluding hydrogens is 296 g/mol. The number of anilines is 1. The zero-order valence-corrected chi connectivity index (χ0v) is 13.4. The third-order valence-corrected chi connectivity index (χ3v) is 3.89. The Morgan fingerprint density at radius 2 is 1.83 bits per heavy atom. The molecular formula is C16H24N4O3. The normalized spacial score (nSPS) is 16.0. The molecule has 1 heterocycles. The Labute approximate surface area is 136 Å². The van der Waals surface area contributed by atoms with Crippen LogP contribution in [0.4, 0.5) is 5.69 Å². The summed E-state index contributed by atoms with van der Waals surface area (Å²) >= 11 is 0. The highest BCUT2D eigenvalue weighted by Crippen LogP contribution is 2.21. The first kappa shape index (κ1) is 17.2. The van der Waals surface area contributed by atoms with Crippen molar-refractivity contribution in [2.75, 3.05) is 51.6 Å². The number of aromatic hydroxyl groups is 1. The summed E-state index contributed by atoms with van der Waals surface area (Å²) in [4.78, 5) is 28.1. The third-order valence-electron chi connectivity index (χ3n) is 3.89. The highest BCUT2D eigenvalue weighted by atomic mass is 16.3. The molecule has 126 valence electrons. The maximum absolute atomic E-state index is 11.7. The largest absolute Gasteiger partial charge is 0.506 e. The van der Waals surface area contributed by atoms with E-state index in [0.29, 0.717) is 6.54 Å². The van der Waals surface area contributed by atoms with Crippen LogP contribution in [-0.2, 0) is 9.59 Å². The number of carbonyl (C=O) groups is 2. The van der Waals surface area contributed by atoms with Crippen LogP contribution in [0.5, 0.6) is 5.75 Å². The number of amides is 2. The van der Waals surface area contributed by atoms with Crippen LogP contribution in [0.2, 0.25) is 0 Å². The van der Waals surface area contributed by atoms with Gasteiger partial charge in [0.2, 0.25) is 0 Å². The van der Waals surface area contributed by atoms with Crippen LogP contribution < -0.4 is 10.6 Å². The van der Waals surface area contributed by atoms with Gasteiger partial charge in [-0.15, -0.1) is 0 Å². The minimum absolute atomic E-state index is 0.0660. The number of piperazine rings is 1. The molecule has 1 aromatic carbocycles. The van der Waals surface area contributed by atoms with Crippen molar-refractivity contribution in [2.24, 2.45) is 0 Å². The van der Waals surface area contributed by atoms with Crippen molar-refractivity contribution in [1.29, 1.82) is 0 Å². The molecule has 1 fully saturated rings. The summed E-state index contributed by atoms with van der Waals surface area (Å²) in [5, 5.41) is 14.6. The van der Waals surface area contributed by atoms with Gasteiger partial charge in [-0.1, -0.05) is 12.1 Å². The van der Waals surface area contributed by atoms with Crippen LogP contribution in [0.3, 0.4) is 0 Å². The van der Waals surface area contributed by atoms with Crippen LogP contribution in [0, 0.1) is 0 Å². The van der Waals surface area contributed by atoms with E-state index in [9.17, 15) is 14.7 Å². The van der Waals surface area contributed by atoms with E-state index in [-0.39, 0.29) is 11.4 Å². The number of hydrogen-bond donors (Lipinski definition) is 3. The molecule has 0 aromatic heterocycles. The lowest BCUT2D eigenvalue weighted by Gasteiger charge is -2.32. The second-order valence-electron chi connectivity index (χ2n) is 5.73. The molecule has 1 aliphatic heterocycles. The predicted octanol–water partition coefficient (Wildman–Crippen LogP) is 0.0844. The molecule has 0 atom stereocenters. The second kappa shape index (κ2) is 8.50. The Hall–Kier alpha value is -2.12. The van der Waals surface area contributed by atoms with E-state index in [2.05, 4.69) is 27.5 Å². The Bertz CT molecular complexity index is 542. The van der Waals surface area contributed by atoms with Crippen molar-refractivity contribution >= 4 is 17.5 Å². The summed E-state index contributed by atoms with van der Waals surface area (Å²) in [5.41, 5.74) is 0.227. The quantitative estimate of drug-likeness (QED) is 0.407. The summed E-state index contributed by atoms with van der Waals surface area (Å²) in [6.45, 7) is 5.58. The van der Waals surface area contributed by atoms with E-state index >= 15 is 0 Å². The first-order valence-corrected chi connectivity index (χ1v) is 7.84. The highest BCUT2D eigenvalue weighted by Gasteiger charge is 2.16. The maximum atomic E-state index is 11.7. The van der Waals surface area contributed by atoms with Crippen molar-refractivity contribution in [3.8, 4) is 5.75 Å². The monoisotopic (exact) mass is 320 g/mol. The van der Waals surface area contributed by atoms with E-state index in [0.717, 1.165) is 39.1 Å². The number of rotatable bonds is 5. The van der Waals surface area contributed by atoms with Crippen LogP contribution in [-0.4, -0.2) is 73.0 Å². The van der Waals surface area contributed by atoms with Crippen LogP contribution in [0.1, 0.15) is 6.42 Å². The number of likely N-dealkylation sites (N-methyl/N-ethyl adjacent to an activating group) is 1. The molecule has 0 bridgehead atoms. The number of carbonyl (C=O) groups excluding carboxylic acids is 2. The summed E-state index contributed by atoms with van der Waals surface area (Å²) < 4.78 is 0. The van der Waals surface area contributed by atoms with Crippen LogP contribution in [0.15, 0.2) is 24.3 Å². The summed E-state index contributed by atoms with van der Waals surface area (Å²) in [5.74, 6) is -1.53. The Balaban J connectivity index is 1.64. The SMILES string of the molecule is CN1CCN(CCCNC(=O)C(=O)Nc2ccccc2O)CC1. The lowest BCUT2D eigenvalue weighted by Crippen LogP contribution is -2.45. The first-order valence-electron chi connectivity index (χ1n) is 7.84. The maximum Gasteiger partial charge on any atom is 0.313 e. The van der Waals surface area contributed by atoms with Gasteiger partial charge < -0.3 is 25.5 Å². The van der Waals surface area contributed by atoms with Gasteiger partial charge in [0.15, 0.2) is 0 Å². The van der Waals surface area contributed by atoms with Gasteiger partial charge in [0.25, 0.3) is 0 Å². The fraction of sp³-hybridized carbons (Fsp3) is 0.500. The predicted molar refractivity (Wildman–Crippen MR) is 88.3 cm³/mol. The van der Waals surface area contributed by atoms with Gasteiger partial charge in [-0.2, -0.15) is 0 Å². The van der Waals surface area contributed by atoms with Crippen molar-refractivity contribution in [1.82, 2.24) is 15.1 Å². The minimum Gasteiger partial charge on any atom is -0.506 e. The molecule has 7 nitrogen and oxygen atoms in total. The fourth-order valence-corrected chi connectivity index (χ4v) is 2.41. The summed E-state index contributed by atoms with van der Waals surface area (Å²) in [7, 11) is 2.11. The van der Waals surface area contributed by atoms with E-state index in [1.165, 1.54) is 12.1 Å². The topological polar surface area (TPSA) is 84.9 Å². The number of phenols is 1. The highest BCUT2D eigenvalue weighted by molar-refractivity contribution is 6.39. The lowest BCUT2D eigenvalue weighted by molar-refractivity contribution is -0.136. The average molecular weight is 320 g/mol. The van der Waals surface area contributed by atoms with Gasteiger partial charge in [-0.25, -0.2) is 0 Å². The molecule has 2 rings (SSSR count).